The number of hydrogen-bond donors (Lipinski definition) is 0. The summed E-state index contributed by atoms with van der Waals surface area (Å²) >= 11 is 0. The molecule has 1 fully saturated rings. The average Bonchev–Trinajstić information content (AvgIpc) is 2.15. The van der Waals surface area contributed by atoms with Crippen LogP contribution in [-0.4, -0.2) is 13.7 Å². The Balaban J connectivity index is 0.000000671. The van der Waals surface area contributed by atoms with E-state index in [1.165, 1.54) is 25.7 Å². The van der Waals surface area contributed by atoms with Crippen LogP contribution in [0.5, 0.6) is 0 Å². The Morgan fingerprint density at radius 1 is 1.23 bits per heavy atom. The van der Waals surface area contributed by atoms with Gasteiger partial charge in [-0.25, -0.2) is 0 Å². The van der Waals surface area contributed by atoms with Gasteiger partial charge in [0.1, 0.15) is 0 Å². The fourth-order valence-electron chi connectivity index (χ4n) is 1.95. The molecule has 0 spiro atoms. The Bertz CT molecular complexity index is 112. The molecule has 0 aromatic rings. The zero-order valence-electron chi connectivity index (χ0n) is 10.0. The molecule has 1 saturated carbocycles. The summed E-state index contributed by atoms with van der Waals surface area (Å²) in [6.45, 7) is 9.65. The standard InChI is InChI=1S/C10H20O.C2H6/c1-9-4-6-10(2,7-5-9)8-11-3;1-2/h9H,4-8H2,1-3H3;1-2H3. The predicted octanol–water partition coefficient (Wildman–Crippen LogP) is 3.88. The molecule has 0 aromatic carbocycles. The van der Waals surface area contributed by atoms with Crippen LogP contribution in [0.2, 0.25) is 0 Å². The zero-order valence-corrected chi connectivity index (χ0v) is 10.0. The highest BCUT2D eigenvalue weighted by Gasteiger charge is 2.29. The lowest BCUT2D eigenvalue weighted by Gasteiger charge is -2.35. The van der Waals surface area contributed by atoms with E-state index < -0.39 is 0 Å². The Labute approximate surface area is 83.9 Å². The van der Waals surface area contributed by atoms with Crippen LogP contribution in [0, 0.1) is 11.3 Å². The summed E-state index contributed by atoms with van der Waals surface area (Å²) in [7, 11) is 1.81. The number of ether oxygens (including phenoxy) is 1. The van der Waals surface area contributed by atoms with Gasteiger partial charge in [0.05, 0.1) is 6.61 Å². The van der Waals surface area contributed by atoms with E-state index in [4.69, 9.17) is 4.74 Å². The maximum absolute atomic E-state index is 5.22. The molecule has 0 aliphatic heterocycles. The highest BCUT2D eigenvalue weighted by atomic mass is 16.5. The largest absolute Gasteiger partial charge is 0.384 e. The minimum Gasteiger partial charge on any atom is -0.384 e. The summed E-state index contributed by atoms with van der Waals surface area (Å²) in [5.41, 5.74) is 0.487. The van der Waals surface area contributed by atoms with E-state index in [0.29, 0.717) is 5.41 Å². The molecule has 0 aromatic heterocycles. The quantitative estimate of drug-likeness (QED) is 0.636. The second-order valence-corrected chi connectivity index (χ2v) is 4.43. The van der Waals surface area contributed by atoms with Gasteiger partial charge in [-0.2, -0.15) is 0 Å². The molecule has 1 aliphatic carbocycles. The third-order valence-electron chi connectivity index (χ3n) is 2.97. The number of methoxy groups -OCH3 is 1. The van der Waals surface area contributed by atoms with E-state index in [1.54, 1.807) is 0 Å². The van der Waals surface area contributed by atoms with Crippen LogP contribution in [0.4, 0.5) is 0 Å². The second kappa shape index (κ2) is 6.42. The van der Waals surface area contributed by atoms with Gasteiger partial charge < -0.3 is 4.74 Å². The zero-order chi connectivity index (χ0) is 10.3. The van der Waals surface area contributed by atoms with Crippen LogP contribution in [0.3, 0.4) is 0 Å². The predicted molar refractivity (Wildman–Crippen MR) is 59.0 cm³/mol. The summed E-state index contributed by atoms with van der Waals surface area (Å²) in [4.78, 5) is 0. The van der Waals surface area contributed by atoms with E-state index >= 15 is 0 Å². The fourth-order valence-corrected chi connectivity index (χ4v) is 1.95. The molecule has 1 rings (SSSR count). The van der Waals surface area contributed by atoms with Gasteiger partial charge in [-0.05, 0) is 24.2 Å². The summed E-state index contributed by atoms with van der Waals surface area (Å²) in [5.74, 6) is 0.944. The van der Waals surface area contributed by atoms with E-state index in [1.807, 2.05) is 21.0 Å². The molecule has 0 heterocycles. The van der Waals surface area contributed by atoms with Crippen molar-refractivity contribution in [3.05, 3.63) is 0 Å². The first-order chi connectivity index (χ1) is 6.16. The molecular weight excluding hydrogens is 160 g/mol. The molecule has 0 unspecified atom stereocenters. The van der Waals surface area contributed by atoms with E-state index in [2.05, 4.69) is 13.8 Å². The molecule has 1 heteroatoms. The summed E-state index contributed by atoms with van der Waals surface area (Å²) in [6, 6.07) is 0. The molecule has 1 nitrogen and oxygen atoms in total. The molecule has 13 heavy (non-hydrogen) atoms. The Hall–Kier alpha value is -0.0400. The Morgan fingerprint density at radius 2 is 1.69 bits per heavy atom. The van der Waals surface area contributed by atoms with Crippen molar-refractivity contribution in [2.24, 2.45) is 11.3 Å². The Morgan fingerprint density at radius 3 is 2.08 bits per heavy atom. The Kier molecular flexibility index (Phi) is 6.40. The van der Waals surface area contributed by atoms with E-state index in [0.717, 1.165) is 12.5 Å². The number of rotatable bonds is 2. The third kappa shape index (κ3) is 4.66. The molecule has 0 radical (unpaired) electrons. The molecule has 0 atom stereocenters. The summed E-state index contributed by atoms with van der Waals surface area (Å²) in [5, 5.41) is 0. The molecule has 0 N–H and O–H groups in total. The van der Waals surface area contributed by atoms with Gasteiger partial charge in [-0.15, -0.1) is 0 Å². The maximum atomic E-state index is 5.22. The van der Waals surface area contributed by atoms with Crippen molar-refractivity contribution in [3.8, 4) is 0 Å². The van der Waals surface area contributed by atoms with Crippen molar-refractivity contribution in [1.82, 2.24) is 0 Å². The van der Waals surface area contributed by atoms with Crippen molar-refractivity contribution in [2.75, 3.05) is 13.7 Å². The molecule has 0 saturated heterocycles. The van der Waals surface area contributed by atoms with Crippen LogP contribution in [0.15, 0.2) is 0 Å². The molecule has 1 aliphatic rings. The summed E-state index contributed by atoms with van der Waals surface area (Å²) in [6.07, 6.45) is 5.48. The lowest BCUT2D eigenvalue weighted by molar-refractivity contribution is 0.0519. The maximum Gasteiger partial charge on any atom is 0.0515 e. The van der Waals surface area contributed by atoms with Crippen molar-refractivity contribution in [1.29, 1.82) is 0 Å². The van der Waals surface area contributed by atoms with Gasteiger partial charge in [0, 0.05) is 7.11 Å². The third-order valence-corrected chi connectivity index (χ3v) is 2.97. The summed E-state index contributed by atoms with van der Waals surface area (Å²) < 4.78 is 5.22. The van der Waals surface area contributed by atoms with Gasteiger partial charge >= 0.3 is 0 Å². The lowest BCUT2D eigenvalue weighted by Crippen LogP contribution is -2.27. The van der Waals surface area contributed by atoms with E-state index in [-0.39, 0.29) is 0 Å². The molecular formula is C12H26O. The van der Waals surface area contributed by atoms with Gasteiger partial charge in [-0.3, -0.25) is 0 Å². The average molecular weight is 186 g/mol. The van der Waals surface area contributed by atoms with Gasteiger partial charge in [0.2, 0.25) is 0 Å². The number of hydrogen-bond acceptors (Lipinski definition) is 1. The molecule has 80 valence electrons. The van der Waals surface area contributed by atoms with Crippen LogP contribution >= 0.6 is 0 Å². The van der Waals surface area contributed by atoms with Gasteiger partial charge in [0.25, 0.3) is 0 Å². The second-order valence-electron chi connectivity index (χ2n) is 4.43. The van der Waals surface area contributed by atoms with Crippen LogP contribution in [0.1, 0.15) is 53.4 Å². The first-order valence-electron chi connectivity index (χ1n) is 5.65. The fraction of sp³-hybridized carbons (Fsp3) is 1.00. The van der Waals surface area contributed by atoms with Crippen LogP contribution < -0.4 is 0 Å². The normalized spacial score (nSPS) is 33.5. The van der Waals surface area contributed by atoms with Crippen LogP contribution in [-0.2, 0) is 4.74 Å². The van der Waals surface area contributed by atoms with Gasteiger partial charge in [-0.1, -0.05) is 40.5 Å². The van der Waals surface area contributed by atoms with E-state index in [9.17, 15) is 0 Å². The first-order valence-corrected chi connectivity index (χ1v) is 5.65. The minimum atomic E-state index is 0.487. The van der Waals surface area contributed by atoms with Gasteiger partial charge in [0.15, 0.2) is 0 Å². The highest BCUT2D eigenvalue weighted by molar-refractivity contribution is 4.80. The van der Waals surface area contributed by atoms with Crippen molar-refractivity contribution < 1.29 is 4.74 Å². The topological polar surface area (TPSA) is 9.23 Å². The van der Waals surface area contributed by atoms with Crippen molar-refractivity contribution >= 4 is 0 Å². The molecule has 0 amide bonds. The monoisotopic (exact) mass is 186 g/mol. The smallest absolute Gasteiger partial charge is 0.0515 e. The van der Waals surface area contributed by atoms with Crippen LogP contribution in [0.25, 0.3) is 0 Å². The van der Waals surface area contributed by atoms with Crippen molar-refractivity contribution in [3.63, 3.8) is 0 Å². The SMILES string of the molecule is CC.COCC1(C)CCC(C)CC1. The highest BCUT2D eigenvalue weighted by Crippen LogP contribution is 2.38. The first kappa shape index (κ1) is 13.0. The van der Waals surface area contributed by atoms with Crippen molar-refractivity contribution in [2.45, 2.75) is 53.4 Å². The molecule has 0 bridgehead atoms. The lowest BCUT2D eigenvalue weighted by atomic mass is 9.73. The minimum absolute atomic E-state index is 0.487.